The highest BCUT2D eigenvalue weighted by Crippen LogP contribution is 2.58. The van der Waals surface area contributed by atoms with Crippen LogP contribution in [-0.4, -0.2) is 34.3 Å². The molecule has 0 heterocycles. The highest BCUT2D eigenvalue weighted by molar-refractivity contribution is 6.02. The average molecular weight is 471 g/mol. The van der Waals surface area contributed by atoms with E-state index < -0.39 is 17.7 Å². The summed E-state index contributed by atoms with van der Waals surface area (Å²) in [7, 11) is 0. The van der Waals surface area contributed by atoms with Crippen molar-refractivity contribution < 1.29 is 24.2 Å². The highest BCUT2D eigenvalue weighted by Gasteiger charge is 2.52. The van der Waals surface area contributed by atoms with Gasteiger partial charge < -0.3 is 9.84 Å². The summed E-state index contributed by atoms with van der Waals surface area (Å²) >= 11 is 0. The molecule has 3 aliphatic carbocycles. The van der Waals surface area contributed by atoms with Crippen LogP contribution in [0.25, 0.3) is 0 Å². The summed E-state index contributed by atoms with van der Waals surface area (Å²) in [6.07, 6.45) is 10.5. The number of fused-ring (bicyclic) bond motifs is 1. The van der Waals surface area contributed by atoms with Gasteiger partial charge in [0.2, 0.25) is 0 Å². The third kappa shape index (κ3) is 5.45. The summed E-state index contributed by atoms with van der Waals surface area (Å²) in [5.74, 6) is 0.464. The quantitative estimate of drug-likeness (QED) is 0.301. The second-order valence-electron chi connectivity index (χ2n) is 11.4. The number of hydrogen-bond donors (Lipinski definition) is 1. The van der Waals surface area contributed by atoms with Crippen molar-refractivity contribution in [3.63, 3.8) is 0 Å². The molecule has 34 heavy (non-hydrogen) atoms. The minimum Gasteiger partial charge on any atom is -0.459 e. The van der Waals surface area contributed by atoms with Crippen LogP contribution in [0.2, 0.25) is 0 Å². The topological polar surface area (TPSA) is 80.7 Å². The van der Waals surface area contributed by atoms with Crippen LogP contribution in [0.15, 0.2) is 36.0 Å². The Morgan fingerprint density at radius 3 is 2.53 bits per heavy atom. The highest BCUT2D eigenvalue weighted by atomic mass is 16.5. The molecular weight excluding hydrogens is 428 g/mol. The molecule has 0 spiro atoms. The largest absolute Gasteiger partial charge is 0.459 e. The molecule has 0 saturated heterocycles. The maximum atomic E-state index is 12.9. The zero-order valence-corrected chi connectivity index (χ0v) is 21.6. The van der Waals surface area contributed by atoms with Crippen LogP contribution < -0.4 is 0 Å². The van der Waals surface area contributed by atoms with Crippen molar-refractivity contribution in [2.45, 2.75) is 97.7 Å². The molecule has 2 unspecified atom stereocenters. The van der Waals surface area contributed by atoms with E-state index >= 15 is 0 Å². The van der Waals surface area contributed by atoms with Crippen molar-refractivity contribution in [1.29, 1.82) is 0 Å². The van der Waals surface area contributed by atoms with Crippen molar-refractivity contribution >= 4 is 17.5 Å². The van der Waals surface area contributed by atoms with E-state index in [9.17, 15) is 19.5 Å². The molecule has 3 fully saturated rings. The van der Waals surface area contributed by atoms with E-state index in [1.807, 2.05) is 0 Å². The molecular formula is C29H42O5. The van der Waals surface area contributed by atoms with Gasteiger partial charge in [-0.25, -0.2) is 4.79 Å². The standard InChI is InChI=1S/C29H42O5/c1-7-20(18(2)3)9-8-19(4)23-10-11-24-22(25(30)13-14-28(23,24)5)17-27(32)34-21-12-15-29(6,33)26(31)16-21/h8-9,17,19-21,23-24,33H,2,7,10-16H2,1,3-6H3/b9-8?,22-17+/t19-,20+,21?,23-,24+,28-,29?/m1/s1. The van der Waals surface area contributed by atoms with Gasteiger partial charge in [-0.05, 0) is 81.5 Å². The fourth-order valence-electron chi connectivity index (χ4n) is 6.53. The normalized spacial score (nSPS) is 37.0. The molecule has 0 bridgehead atoms. The first-order chi connectivity index (χ1) is 15.9. The third-order valence-corrected chi connectivity index (χ3v) is 8.88. The maximum absolute atomic E-state index is 12.9. The minimum absolute atomic E-state index is 0.0197. The van der Waals surface area contributed by atoms with Crippen LogP contribution in [0.4, 0.5) is 0 Å². The van der Waals surface area contributed by atoms with E-state index in [1.54, 1.807) is 0 Å². The number of carbonyl (C=O) groups excluding carboxylic acids is 3. The van der Waals surface area contributed by atoms with Crippen molar-refractivity contribution in [1.82, 2.24) is 0 Å². The van der Waals surface area contributed by atoms with Crippen LogP contribution >= 0.6 is 0 Å². The van der Waals surface area contributed by atoms with Crippen molar-refractivity contribution in [2.75, 3.05) is 0 Å². The second kappa shape index (κ2) is 10.3. The predicted octanol–water partition coefficient (Wildman–Crippen LogP) is 5.52. The molecule has 0 radical (unpaired) electrons. The first kappa shape index (κ1) is 26.6. The van der Waals surface area contributed by atoms with Gasteiger partial charge in [0, 0.05) is 24.5 Å². The summed E-state index contributed by atoms with van der Waals surface area (Å²) in [5, 5.41) is 10.0. The fourth-order valence-corrected chi connectivity index (χ4v) is 6.53. The summed E-state index contributed by atoms with van der Waals surface area (Å²) < 4.78 is 5.54. The van der Waals surface area contributed by atoms with E-state index in [0.29, 0.717) is 36.2 Å². The average Bonchev–Trinajstić information content (AvgIpc) is 3.11. The van der Waals surface area contributed by atoms with Gasteiger partial charge in [-0.1, -0.05) is 45.1 Å². The van der Waals surface area contributed by atoms with E-state index in [4.69, 9.17) is 4.74 Å². The molecule has 0 aromatic heterocycles. The first-order valence-corrected chi connectivity index (χ1v) is 12.9. The van der Waals surface area contributed by atoms with Crippen LogP contribution in [0.1, 0.15) is 86.0 Å². The number of carbonyl (C=O) groups is 3. The SMILES string of the molecule is C=C(C)[C@H](C=C[C@@H](C)[C@H]1CC[C@H]2/C(=C\C(=O)OC3CCC(C)(O)C(=O)C3)C(=O)CC[C@]12C)CC. The number of rotatable bonds is 7. The van der Waals surface area contributed by atoms with E-state index in [1.165, 1.54) is 18.6 Å². The summed E-state index contributed by atoms with van der Waals surface area (Å²) in [6, 6.07) is 0. The van der Waals surface area contributed by atoms with E-state index in [2.05, 4.69) is 46.4 Å². The summed E-state index contributed by atoms with van der Waals surface area (Å²) in [6.45, 7) is 14.4. The number of hydrogen-bond acceptors (Lipinski definition) is 5. The van der Waals surface area contributed by atoms with Gasteiger partial charge >= 0.3 is 5.97 Å². The second-order valence-corrected chi connectivity index (χ2v) is 11.4. The zero-order chi connectivity index (χ0) is 25.3. The van der Waals surface area contributed by atoms with Crippen molar-refractivity contribution in [3.05, 3.63) is 36.0 Å². The summed E-state index contributed by atoms with van der Waals surface area (Å²) in [4.78, 5) is 37.7. The van der Waals surface area contributed by atoms with Gasteiger partial charge in [-0.2, -0.15) is 0 Å². The Morgan fingerprint density at radius 2 is 1.91 bits per heavy atom. The number of ketones is 2. The first-order valence-electron chi connectivity index (χ1n) is 12.9. The minimum atomic E-state index is -1.34. The molecule has 188 valence electrons. The molecule has 3 saturated carbocycles. The van der Waals surface area contributed by atoms with Crippen molar-refractivity contribution in [3.8, 4) is 0 Å². The van der Waals surface area contributed by atoms with Gasteiger partial charge in [0.1, 0.15) is 11.7 Å². The monoisotopic (exact) mass is 470 g/mol. The molecule has 7 atom stereocenters. The van der Waals surface area contributed by atoms with Gasteiger partial charge in [0.25, 0.3) is 0 Å². The number of ether oxygens (including phenoxy) is 1. The van der Waals surface area contributed by atoms with Gasteiger partial charge in [0.15, 0.2) is 11.6 Å². The van der Waals surface area contributed by atoms with Gasteiger partial charge in [-0.15, -0.1) is 0 Å². The van der Waals surface area contributed by atoms with Crippen molar-refractivity contribution in [2.24, 2.45) is 29.1 Å². The van der Waals surface area contributed by atoms with E-state index in [0.717, 1.165) is 25.7 Å². The molecule has 0 amide bonds. The van der Waals surface area contributed by atoms with Gasteiger partial charge in [-0.3, -0.25) is 9.59 Å². The van der Waals surface area contributed by atoms with Crippen LogP contribution in [0.3, 0.4) is 0 Å². The Labute approximate surface area is 204 Å². The molecule has 3 rings (SSSR count). The number of allylic oxidation sites excluding steroid dienone is 4. The van der Waals surface area contributed by atoms with Gasteiger partial charge in [0.05, 0.1) is 0 Å². The Balaban J connectivity index is 1.72. The Bertz CT molecular complexity index is 894. The lowest BCUT2D eigenvalue weighted by Crippen LogP contribution is -2.43. The Hall–Kier alpha value is -2.01. The maximum Gasteiger partial charge on any atom is 0.331 e. The number of aliphatic hydroxyl groups is 1. The number of esters is 1. The molecule has 5 nitrogen and oxygen atoms in total. The molecule has 5 heteroatoms. The van der Waals surface area contributed by atoms with Crippen LogP contribution in [0.5, 0.6) is 0 Å². The Morgan fingerprint density at radius 1 is 1.21 bits per heavy atom. The number of Topliss-reactive ketones (excluding diaryl/α,β-unsaturated/α-hetero) is 2. The lowest BCUT2D eigenvalue weighted by atomic mass is 9.61. The molecule has 0 aromatic rings. The van der Waals surface area contributed by atoms with Crippen LogP contribution in [-0.2, 0) is 19.1 Å². The lowest BCUT2D eigenvalue weighted by molar-refractivity contribution is -0.154. The molecule has 3 aliphatic rings. The third-order valence-electron chi connectivity index (χ3n) is 8.88. The molecule has 1 N–H and O–H groups in total. The van der Waals surface area contributed by atoms with Crippen LogP contribution in [0, 0.1) is 29.1 Å². The zero-order valence-electron chi connectivity index (χ0n) is 21.6. The predicted molar refractivity (Wildman–Crippen MR) is 133 cm³/mol. The fraction of sp³-hybridized carbons (Fsp3) is 0.690. The summed E-state index contributed by atoms with van der Waals surface area (Å²) in [5.41, 5.74) is 0.402. The Kier molecular flexibility index (Phi) is 8.07. The lowest BCUT2D eigenvalue weighted by Gasteiger charge is -2.43. The molecule has 0 aromatic carbocycles. The molecule has 0 aliphatic heterocycles. The smallest absolute Gasteiger partial charge is 0.331 e. The van der Waals surface area contributed by atoms with E-state index in [-0.39, 0.29) is 35.7 Å².